The SMILES string of the molecule is c1ccc(-c2nc(-c3ccccc3)nc(-c3cccc(-c4cccc5c4c4cc(-c6cccc7ccccc67)ccc4n5-c4ccccc4)c3)n2)cc1. The van der Waals surface area contributed by atoms with Crippen LogP contribution < -0.4 is 0 Å². The summed E-state index contributed by atoms with van der Waals surface area (Å²) in [6.45, 7) is 0. The van der Waals surface area contributed by atoms with E-state index in [1.807, 2.05) is 60.7 Å². The number of hydrogen-bond donors (Lipinski definition) is 0. The van der Waals surface area contributed by atoms with E-state index in [0.717, 1.165) is 44.5 Å². The number of hydrogen-bond acceptors (Lipinski definition) is 3. The molecule has 4 nitrogen and oxygen atoms in total. The molecule has 0 amide bonds. The van der Waals surface area contributed by atoms with E-state index in [-0.39, 0.29) is 0 Å². The van der Waals surface area contributed by atoms with Crippen LogP contribution in [0.3, 0.4) is 0 Å². The number of benzene rings is 8. The van der Waals surface area contributed by atoms with Gasteiger partial charge in [0.05, 0.1) is 11.0 Å². The molecule has 0 aliphatic carbocycles. The van der Waals surface area contributed by atoms with Crippen LogP contribution in [0.1, 0.15) is 0 Å². The van der Waals surface area contributed by atoms with Gasteiger partial charge in [-0.3, -0.25) is 0 Å². The Morgan fingerprint density at radius 2 is 0.849 bits per heavy atom. The van der Waals surface area contributed by atoms with Gasteiger partial charge in [0.15, 0.2) is 17.5 Å². The van der Waals surface area contributed by atoms with Crippen LogP contribution in [0.5, 0.6) is 0 Å². The maximum atomic E-state index is 5.03. The Morgan fingerprint density at radius 3 is 1.58 bits per heavy atom. The molecule has 0 saturated carbocycles. The van der Waals surface area contributed by atoms with Crippen LogP contribution in [-0.4, -0.2) is 19.5 Å². The van der Waals surface area contributed by atoms with Crippen LogP contribution in [0.4, 0.5) is 0 Å². The Hall–Kier alpha value is -7.17. The molecule has 4 heteroatoms. The Morgan fingerprint density at radius 1 is 0.321 bits per heavy atom. The first-order valence-corrected chi connectivity index (χ1v) is 17.9. The smallest absolute Gasteiger partial charge is 0.164 e. The molecule has 0 atom stereocenters. The third-order valence-electron chi connectivity index (χ3n) is 10.0. The fourth-order valence-corrected chi connectivity index (χ4v) is 7.57. The molecule has 248 valence electrons. The summed E-state index contributed by atoms with van der Waals surface area (Å²) in [5.74, 6) is 1.93. The molecule has 0 radical (unpaired) electrons. The van der Waals surface area contributed by atoms with Crippen LogP contribution in [0, 0.1) is 0 Å². The molecule has 0 fully saturated rings. The summed E-state index contributed by atoms with van der Waals surface area (Å²) >= 11 is 0. The van der Waals surface area contributed by atoms with Crippen molar-refractivity contribution in [2.24, 2.45) is 0 Å². The third kappa shape index (κ3) is 5.45. The second-order valence-corrected chi connectivity index (χ2v) is 13.2. The predicted molar refractivity (Wildman–Crippen MR) is 219 cm³/mol. The van der Waals surface area contributed by atoms with Gasteiger partial charge >= 0.3 is 0 Å². The molecule has 0 unspecified atom stereocenters. The molecule has 0 spiro atoms. The summed E-state index contributed by atoms with van der Waals surface area (Å²) in [6.07, 6.45) is 0. The fourth-order valence-electron chi connectivity index (χ4n) is 7.57. The van der Waals surface area contributed by atoms with E-state index in [4.69, 9.17) is 15.0 Å². The van der Waals surface area contributed by atoms with Gasteiger partial charge in [-0.15, -0.1) is 0 Å². The molecule has 2 heterocycles. The van der Waals surface area contributed by atoms with Gasteiger partial charge in [-0.25, -0.2) is 15.0 Å². The van der Waals surface area contributed by atoms with Crippen LogP contribution in [0.25, 0.3) is 94.7 Å². The zero-order valence-electron chi connectivity index (χ0n) is 28.8. The molecular weight excluding hydrogens is 645 g/mol. The molecule has 10 rings (SSSR count). The highest BCUT2D eigenvalue weighted by atomic mass is 15.0. The maximum Gasteiger partial charge on any atom is 0.164 e. The number of rotatable bonds is 6. The summed E-state index contributed by atoms with van der Waals surface area (Å²) in [7, 11) is 0. The van der Waals surface area contributed by atoms with Crippen molar-refractivity contribution in [3.63, 3.8) is 0 Å². The zero-order valence-corrected chi connectivity index (χ0v) is 28.8. The molecule has 0 bridgehead atoms. The largest absolute Gasteiger partial charge is 0.309 e. The fraction of sp³-hybridized carbons (Fsp3) is 0. The van der Waals surface area contributed by atoms with Crippen LogP contribution >= 0.6 is 0 Å². The molecular formula is C49H32N4. The van der Waals surface area contributed by atoms with Gasteiger partial charge in [-0.05, 0) is 69.4 Å². The first kappa shape index (κ1) is 30.6. The topological polar surface area (TPSA) is 43.6 Å². The highest BCUT2D eigenvalue weighted by Gasteiger charge is 2.19. The van der Waals surface area contributed by atoms with Gasteiger partial charge in [0, 0.05) is 33.2 Å². The van der Waals surface area contributed by atoms with Crippen molar-refractivity contribution in [3.8, 4) is 62.1 Å². The molecule has 0 aliphatic heterocycles. The predicted octanol–water partition coefficient (Wildman–Crippen LogP) is 12.5. The third-order valence-corrected chi connectivity index (χ3v) is 10.0. The number of nitrogens with zero attached hydrogens (tertiary/aromatic N) is 4. The van der Waals surface area contributed by atoms with Crippen LogP contribution in [0.15, 0.2) is 194 Å². The second-order valence-electron chi connectivity index (χ2n) is 13.2. The summed E-state index contributed by atoms with van der Waals surface area (Å²) in [6, 6.07) is 68.2. The van der Waals surface area contributed by atoms with Gasteiger partial charge in [0.25, 0.3) is 0 Å². The number of aromatic nitrogens is 4. The second kappa shape index (κ2) is 12.9. The molecule has 0 saturated heterocycles. The molecule has 2 aromatic heterocycles. The number of fused-ring (bicyclic) bond motifs is 4. The van der Waals surface area contributed by atoms with E-state index >= 15 is 0 Å². The lowest BCUT2D eigenvalue weighted by molar-refractivity contribution is 1.07. The Kier molecular flexibility index (Phi) is 7.43. The molecule has 10 aromatic rings. The molecule has 0 N–H and O–H groups in total. The first-order chi connectivity index (χ1) is 26.3. The average Bonchev–Trinajstić information content (AvgIpc) is 3.58. The summed E-state index contributed by atoms with van der Waals surface area (Å²) < 4.78 is 2.38. The van der Waals surface area contributed by atoms with E-state index < -0.39 is 0 Å². The molecule has 0 aliphatic rings. The standard InChI is InChI=1S/C49H32N4/c1-4-16-34(17-5-1)47-50-48(35-18-6-2-7-19-35)52-49(51-47)38-22-12-21-36(31-38)42-27-14-28-45-46(42)43-32-37(41-26-13-20-33-15-10-11-25-40(33)41)29-30-44(43)53(45)39-23-8-3-9-24-39/h1-32H. The van der Waals surface area contributed by atoms with Crippen molar-refractivity contribution in [3.05, 3.63) is 194 Å². The molecule has 53 heavy (non-hydrogen) atoms. The van der Waals surface area contributed by atoms with Crippen molar-refractivity contribution in [1.82, 2.24) is 19.5 Å². The minimum Gasteiger partial charge on any atom is -0.309 e. The maximum absolute atomic E-state index is 5.03. The van der Waals surface area contributed by atoms with E-state index in [1.54, 1.807) is 0 Å². The quantitative estimate of drug-likeness (QED) is 0.176. The lowest BCUT2D eigenvalue weighted by atomic mass is 9.94. The van der Waals surface area contributed by atoms with Gasteiger partial charge in [-0.2, -0.15) is 0 Å². The van der Waals surface area contributed by atoms with Crippen LogP contribution in [0.2, 0.25) is 0 Å². The van der Waals surface area contributed by atoms with E-state index in [9.17, 15) is 0 Å². The Bertz CT molecular complexity index is 2870. The number of para-hydroxylation sites is 1. The summed E-state index contributed by atoms with van der Waals surface area (Å²) in [5, 5.41) is 4.89. The van der Waals surface area contributed by atoms with Crippen molar-refractivity contribution >= 4 is 32.6 Å². The molecule has 8 aromatic carbocycles. The zero-order chi connectivity index (χ0) is 35.1. The van der Waals surface area contributed by atoms with Gasteiger partial charge in [-0.1, -0.05) is 158 Å². The Balaban J connectivity index is 1.19. The minimum atomic E-state index is 0.636. The highest BCUT2D eigenvalue weighted by Crippen LogP contribution is 2.41. The summed E-state index contributed by atoms with van der Waals surface area (Å²) in [4.78, 5) is 15.0. The first-order valence-electron chi connectivity index (χ1n) is 17.9. The Labute approximate surface area is 307 Å². The highest BCUT2D eigenvalue weighted by molar-refractivity contribution is 6.17. The summed E-state index contributed by atoms with van der Waals surface area (Å²) in [5.41, 5.74) is 10.9. The van der Waals surface area contributed by atoms with Crippen molar-refractivity contribution in [2.75, 3.05) is 0 Å². The van der Waals surface area contributed by atoms with Gasteiger partial charge in [0.2, 0.25) is 0 Å². The average molecular weight is 677 g/mol. The van der Waals surface area contributed by atoms with Crippen molar-refractivity contribution in [1.29, 1.82) is 0 Å². The van der Waals surface area contributed by atoms with Gasteiger partial charge in [0.1, 0.15) is 0 Å². The normalized spacial score (nSPS) is 11.4. The van der Waals surface area contributed by atoms with E-state index in [1.165, 1.54) is 32.7 Å². The van der Waals surface area contributed by atoms with Gasteiger partial charge < -0.3 is 4.57 Å². The minimum absolute atomic E-state index is 0.636. The lowest BCUT2D eigenvalue weighted by Gasteiger charge is -2.11. The van der Waals surface area contributed by atoms with Crippen molar-refractivity contribution < 1.29 is 0 Å². The lowest BCUT2D eigenvalue weighted by Crippen LogP contribution is -2.00. The van der Waals surface area contributed by atoms with E-state index in [2.05, 4.69) is 138 Å². The monoisotopic (exact) mass is 676 g/mol. The van der Waals surface area contributed by atoms with E-state index in [0.29, 0.717) is 17.5 Å². The van der Waals surface area contributed by atoms with Crippen molar-refractivity contribution in [2.45, 2.75) is 0 Å². The van der Waals surface area contributed by atoms with Crippen LogP contribution in [-0.2, 0) is 0 Å².